The Balaban J connectivity index is 2.91. The molecule has 1 amide bonds. The third-order valence-corrected chi connectivity index (χ3v) is 2.32. The fourth-order valence-corrected chi connectivity index (χ4v) is 1.39. The first kappa shape index (κ1) is 16.3. The van der Waals surface area contributed by atoms with Gasteiger partial charge in [0.15, 0.2) is 0 Å². The largest absolute Gasteiger partial charge is 0.409 e. The minimum atomic E-state index is -5.73. The Morgan fingerprint density at radius 2 is 1.50 bits per heavy atom. The predicted octanol–water partition coefficient (Wildman–Crippen LogP) is 2.86. The molecule has 0 aliphatic carbocycles. The van der Waals surface area contributed by atoms with E-state index < -0.39 is 24.2 Å². The highest BCUT2D eigenvalue weighted by molar-refractivity contribution is 5.93. The van der Waals surface area contributed by atoms with Crippen molar-refractivity contribution < 1.29 is 36.2 Å². The van der Waals surface area contributed by atoms with Gasteiger partial charge in [0.1, 0.15) is 0 Å². The van der Waals surface area contributed by atoms with E-state index in [0.29, 0.717) is 5.56 Å². The quantitative estimate of drug-likeness (QED) is 0.843. The summed E-state index contributed by atoms with van der Waals surface area (Å²) in [4.78, 5) is 11.2. The highest BCUT2D eigenvalue weighted by atomic mass is 19.4. The van der Waals surface area contributed by atoms with Crippen LogP contribution in [0.4, 0.5) is 32.0 Å². The van der Waals surface area contributed by atoms with Crippen molar-refractivity contribution in [3.63, 3.8) is 0 Å². The van der Waals surface area contributed by atoms with Crippen LogP contribution in [-0.4, -0.2) is 23.4 Å². The molecule has 1 aromatic rings. The number of carbonyl (C=O) groups excluding carboxylic acids is 1. The van der Waals surface area contributed by atoms with Crippen molar-refractivity contribution in [2.24, 2.45) is 5.92 Å². The molecule has 0 atom stereocenters. The van der Waals surface area contributed by atoms with E-state index in [9.17, 15) is 31.1 Å². The lowest BCUT2D eigenvalue weighted by Crippen LogP contribution is -2.45. The zero-order valence-electron chi connectivity index (χ0n) is 9.72. The molecule has 0 saturated carbocycles. The van der Waals surface area contributed by atoms with Crippen LogP contribution in [0.1, 0.15) is 5.56 Å². The van der Waals surface area contributed by atoms with Crippen LogP contribution < -0.4 is 5.32 Å². The number of anilines is 1. The highest BCUT2D eigenvalue weighted by Gasteiger charge is 2.61. The summed E-state index contributed by atoms with van der Waals surface area (Å²) >= 11 is 0. The summed E-state index contributed by atoms with van der Waals surface area (Å²) in [6.45, 7) is -0.345. The molecule has 0 unspecified atom stereocenters. The number of aliphatic hydroxyl groups excluding tert-OH is 1. The van der Waals surface area contributed by atoms with Gasteiger partial charge in [0.2, 0.25) is 11.8 Å². The molecule has 0 aromatic heterocycles. The number of nitrogens with one attached hydrogen (secondary N) is 1. The summed E-state index contributed by atoms with van der Waals surface area (Å²) < 4.78 is 73.6. The third kappa shape index (κ3) is 4.12. The van der Waals surface area contributed by atoms with Gasteiger partial charge in [0.05, 0.1) is 6.61 Å². The topological polar surface area (TPSA) is 49.3 Å². The van der Waals surface area contributed by atoms with Crippen LogP contribution in [0.25, 0.3) is 0 Å². The lowest BCUT2D eigenvalue weighted by atomic mass is 10.1. The van der Waals surface area contributed by atoms with Crippen molar-refractivity contribution in [1.82, 2.24) is 0 Å². The molecule has 0 radical (unpaired) electrons. The molecule has 112 valence electrons. The lowest BCUT2D eigenvalue weighted by molar-refractivity contribution is -0.272. The number of alkyl halides is 6. The molecule has 0 saturated heterocycles. The number of halogens is 6. The fraction of sp³-hybridized carbons (Fsp3) is 0.364. The summed E-state index contributed by atoms with van der Waals surface area (Å²) in [6.07, 6.45) is -11.5. The fourth-order valence-electron chi connectivity index (χ4n) is 1.39. The molecular weight excluding hydrogens is 292 g/mol. The summed E-state index contributed by atoms with van der Waals surface area (Å²) in [5, 5.41) is 10.3. The highest BCUT2D eigenvalue weighted by Crippen LogP contribution is 2.39. The van der Waals surface area contributed by atoms with Crippen LogP contribution in [0.5, 0.6) is 0 Å². The number of aliphatic hydroxyl groups is 1. The normalized spacial score (nSPS) is 12.6. The van der Waals surface area contributed by atoms with E-state index in [2.05, 4.69) is 0 Å². The van der Waals surface area contributed by atoms with E-state index in [1.165, 1.54) is 12.1 Å². The Morgan fingerprint density at radius 3 is 1.85 bits per heavy atom. The summed E-state index contributed by atoms with van der Waals surface area (Å²) in [6, 6.07) is 4.69. The maximum absolute atomic E-state index is 12.3. The van der Waals surface area contributed by atoms with E-state index in [1.54, 1.807) is 5.32 Å². The Morgan fingerprint density at radius 1 is 1.05 bits per heavy atom. The summed E-state index contributed by atoms with van der Waals surface area (Å²) in [7, 11) is 0. The summed E-state index contributed by atoms with van der Waals surface area (Å²) in [5.74, 6) is -6.30. The number of benzene rings is 1. The number of amides is 1. The summed E-state index contributed by atoms with van der Waals surface area (Å²) in [5.41, 5.74) is 0.164. The van der Waals surface area contributed by atoms with E-state index in [0.717, 1.165) is 12.1 Å². The van der Waals surface area contributed by atoms with Crippen molar-refractivity contribution in [1.29, 1.82) is 0 Å². The number of hydrogen-bond donors (Lipinski definition) is 2. The first-order valence-electron chi connectivity index (χ1n) is 5.20. The van der Waals surface area contributed by atoms with Crippen LogP contribution in [0.15, 0.2) is 24.3 Å². The Hall–Kier alpha value is -1.77. The van der Waals surface area contributed by atoms with Crippen LogP contribution >= 0.6 is 0 Å². The van der Waals surface area contributed by atoms with E-state index >= 15 is 0 Å². The Labute approximate surface area is 109 Å². The van der Waals surface area contributed by atoms with Gasteiger partial charge >= 0.3 is 12.4 Å². The molecule has 0 aliphatic rings. The molecule has 0 heterocycles. The second-order valence-electron chi connectivity index (χ2n) is 3.86. The molecule has 0 fully saturated rings. The molecular formula is C11H9F6NO2. The molecule has 0 spiro atoms. The molecule has 3 nitrogen and oxygen atoms in total. The molecule has 9 heteroatoms. The van der Waals surface area contributed by atoms with E-state index in [-0.39, 0.29) is 12.3 Å². The van der Waals surface area contributed by atoms with Crippen LogP contribution in [0, 0.1) is 5.92 Å². The Kier molecular flexibility index (Phi) is 4.64. The molecule has 0 bridgehead atoms. The van der Waals surface area contributed by atoms with E-state index in [4.69, 9.17) is 5.11 Å². The van der Waals surface area contributed by atoms with Gasteiger partial charge in [-0.05, 0) is 17.7 Å². The zero-order valence-corrected chi connectivity index (χ0v) is 9.72. The number of rotatable bonds is 3. The predicted molar refractivity (Wildman–Crippen MR) is 56.6 cm³/mol. The van der Waals surface area contributed by atoms with Crippen LogP contribution in [0.2, 0.25) is 0 Å². The maximum Gasteiger partial charge on any atom is 0.409 e. The molecule has 2 N–H and O–H groups in total. The standard InChI is InChI=1S/C11H9F6NO2/c12-10(13,14)8(11(15,16)17)9(20)18-7-3-1-6(5-19)2-4-7/h1-4,8,19H,5H2,(H,18,20). The van der Waals surface area contributed by atoms with Gasteiger partial charge in [-0.15, -0.1) is 0 Å². The number of hydrogen-bond acceptors (Lipinski definition) is 2. The van der Waals surface area contributed by atoms with Gasteiger partial charge in [0, 0.05) is 5.69 Å². The third-order valence-electron chi connectivity index (χ3n) is 2.32. The van der Waals surface area contributed by atoms with Gasteiger partial charge < -0.3 is 10.4 Å². The first-order chi connectivity index (χ1) is 9.05. The van der Waals surface area contributed by atoms with Crippen molar-refractivity contribution >= 4 is 11.6 Å². The Bertz CT molecular complexity index is 451. The first-order valence-corrected chi connectivity index (χ1v) is 5.20. The van der Waals surface area contributed by atoms with Gasteiger partial charge in [-0.2, -0.15) is 26.3 Å². The molecule has 20 heavy (non-hydrogen) atoms. The van der Waals surface area contributed by atoms with Crippen LogP contribution in [0.3, 0.4) is 0 Å². The molecule has 0 aliphatic heterocycles. The zero-order chi connectivity index (χ0) is 15.6. The maximum atomic E-state index is 12.3. The van der Waals surface area contributed by atoms with Gasteiger partial charge in [-0.3, -0.25) is 4.79 Å². The monoisotopic (exact) mass is 301 g/mol. The van der Waals surface area contributed by atoms with Crippen LogP contribution in [-0.2, 0) is 11.4 Å². The molecule has 1 aromatic carbocycles. The van der Waals surface area contributed by atoms with Crippen molar-refractivity contribution in [2.75, 3.05) is 5.32 Å². The lowest BCUT2D eigenvalue weighted by Gasteiger charge is -2.22. The van der Waals surface area contributed by atoms with Gasteiger partial charge in [0.25, 0.3) is 0 Å². The second-order valence-corrected chi connectivity index (χ2v) is 3.86. The van der Waals surface area contributed by atoms with Crippen molar-refractivity contribution in [3.8, 4) is 0 Å². The number of carbonyl (C=O) groups is 1. The minimum absolute atomic E-state index is 0.231. The average molecular weight is 301 g/mol. The van der Waals surface area contributed by atoms with Crippen molar-refractivity contribution in [2.45, 2.75) is 19.0 Å². The average Bonchev–Trinajstić information content (AvgIpc) is 2.25. The smallest absolute Gasteiger partial charge is 0.392 e. The SMILES string of the molecule is O=C(Nc1ccc(CO)cc1)C(C(F)(F)F)C(F)(F)F. The molecule has 1 rings (SSSR count). The second kappa shape index (κ2) is 5.70. The van der Waals surface area contributed by atoms with Gasteiger partial charge in [-0.25, -0.2) is 0 Å². The minimum Gasteiger partial charge on any atom is -0.392 e. The van der Waals surface area contributed by atoms with E-state index in [1.807, 2.05) is 0 Å². The van der Waals surface area contributed by atoms with Gasteiger partial charge in [-0.1, -0.05) is 12.1 Å². The van der Waals surface area contributed by atoms with Crippen molar-refractivity contribution in [3.05, 3.63) is 29.8 Å².